The van der Waals surface area contributed by atoms with E-state index in [1.54, 1.807) is 23.1 Å². The minimum atomic E-state index is -3.62. The van der Waals surface area contributed by atoms with Crippen LogP contribution in [0.15, 0.2) is 23.1 Å². The summed E-state index contributed by atoms with van der Waals surface area (Å²) in [4.78, 5) is 25.9. The summed E-state index contributed by atoms with van der Waals surface area (Å²) >= 11 is 0. The molecule has 0 radical (unpaired) electrons. The van der Waals surface area contributed by atoms with Gasteiger partial charge in [0.2, 0.25) is 10.0 Å². The maximum atomic E-state index is 12.3. The number of nitrogens with zero attached hydrogens (tertiary/aromatic N) is 1. The van der Waals surface area contributed by atoms with Crippen LogP contribution in [0.1, 0.15) is 30.9 Å². The van der Waals surface area contributed by atoms with Crippen molar-refractivity contribution in [2.75, 3.05) is 32.8 Å². The van der Waals surface area contributed by atoms with Crippen LogP contribution in [0, 0.1) is 13.8 Å². The number of carbonyl (C=O) groups is 2. The number of benzene rings is 1. The molecule has 0 aliphatic carbocycles. The molecule has 156 valence electrons. The number of sulfonamides is 1. The van der Waals surface area contributed by atoms with Crippen molar-refractivity contribution in [3.05, 3.63) is 29.3 Å². The van der Waals surface area contributed by atoms with Crippen LogP contribution in [0.4, 0.5) is 0 Å². The van der Waals surface area contributed by atoms with Gasteiger partial charge >= 0.3 is 5.97 Å². The molecule has 1 fully saturated rings. The number of aryl methyl sites for hydroxylation is 2. The molecule has 1 atom stereocenters. The second-order valence-electron chi connectivity index (χ2n) is 6.82. The molecular weight excluding hydrogens is 384 g/mol. The molecule has 2 rings (SSSR count). The molecule has 28 heavy (non-hydrogen) atoms. The Hall–Kier alpha value is -1.97. The molecule has 0 bridgehead atoms. The van der Waals surface area contributed by atoms with E-state index in [4.69, 9.17) is 9.47 Å². The Balaban J connectivity index is 1.74. The Kier molecular flexibility index (Phi) is 7.97. The molecule has 1 aliphatic rings. The summed E-state index contributed by atoms with van der Waals surface area (Å²) < 4.78 is 37.4. The first kappa shape index (κ1) is 22.3. The van der Waals surface area contributed by atoms with Gasteiger partial charge in [-0.1, -0.05) is 6.07 Å². The van der Waals surface area contributed by atoms with Crippen LogP contribution < -0.4 is 4.72 Å². The van der Waals surface area contributed by atoms with E-state index >= 15 is 0 Å². The van der Waals surface area contributed by atoms with Crippen LogP contribution in [-0.4, -0.2) is 64.1 Å². The highest BCUT2D eigenvalue weighted by Gasteiger charge is 2.25. The Morgan fingerprint density at radius 3 is 2.54 bits per heavy atom. The number of ether oxygens (including phenoxy) is 2. The third-order valence-corrected chi connectivity index (χ3v) is 6.08. The van der Waals surface area contributed by atoms with Gasteiger partial charge in [-0.3, -0.25) is 9.59 Å². The number of hydrogen-bond acceptors (Lipinski definition) is 6. The van der Waals surface area contributed by atoms with E-state index < -0.39 is 22.1 Å². The number of morpholine rings is 1. The molecule has 9 heteroatoms. The smallest absolute Gasteiger partial charge is 0.306 e. The number of carbonyl (C=O) groups excluding carboxylic acids is 2. The highest BCUT2D eigenvalue weighted by atomic mass is 32.2. The normalized spacial score (nSPS) is 15.9. The number of esters is 1. The molecule has 1 aromatic rings. The van der Waals surface area contributed by atoms with Gasteiger partial charge < -0.3 is 14.4 Å². The third-order valence-electron chi connectivity index (χ3n) is 4.62. The highest BCUT2D eigenvalue weighted by molar-refractivity contribution is 7.89. The second-order valence-corrected chi connectivity index (χ2v) is 8.58. The molecule has 1 aliphatic heterocycles. The van der Waals surface area contributed by atoms with Crippen LogP contribution in [0.3, 0.4) is 0 Å². The predicted octanol–water partition coefficient (Wildman–Crippen LogP) is 1.15. The Morgan fingerprint density at radius 2 is 1.89 bits per heavy atom. The van der Waals surface area contributed by atoms with E-state index in [0.717, 1.165) is 11.1 Å². The first-order valence-corrected chi connectivity index (χ1v) is 10.8. The van der Waals surface area contributed by atoms with Crippen LogP contribution in [0.5, 0.6) is 0 Å². The number of hydrogen-bond donors (Lipinski definition) is 1. The summed E-state index contributed by atoms with van der Waals surface area (Å²) in [6, 6.07) is 4.93. The van der Waals surface area contributed by atoms with Crippen LogP contribution >= 0.6 is 0 Å². The van der Waals surface area contributed by atoms with Gasteiger partial charge in [0, 0.05) is 26.1 Å². The SMILES string of the molecule is Cc1ccc(S(=O)(=O)NCCCC(=O)O[C@H](C)C(=O)N2CCOCC2)cc1C. The fourth-order valence-electron chi connectivity index (χ4n) is 2.75. The average Bonchev–Trinajstić information content (AvgIpc) is 2.67. The van der Waals surface area contributed by atoms with Gasteiger partial charge in [0.05, 0.1) is 18.1 Å². The molecule has 1 heterocycles. The molecule has 1 saturated heterocycles. The van der Waals surface area contributed by atoms with E-state index in [-0.39, 0.29) is 30.2 Å². The van der Waals surface area contributed by atoms with Gasteiger partial charge in [-0.05, 0) is 50.5 Å². The largest absolute Gasteiger partial charge is 0.453 e. The highest BCUT2D eigenvalue weighted by Crippen LogP contribution is 2.14. The fraction of sp³-hybridized carbons (Fsp3) is 0.579. The van der Waals surface area contributed by atoms with Gasteiger partial charge in [0.25, 0.3) is 5.91 Å². The lowest BCUT2D eigenvalue weighted by molar-refractivity contribution is -0.160. The zero-order chi connectivity index (χ0) is 20.7. The molecule has 0 saturated carbocycles. The molecule has 0 unspecified atom stereocenters. The van der Waals surface area contributed by atoms with Gasteiger partial charge in [-0.2, -0.15) is 0 Å². The van der Waals surface area contributed by atoms with Gasteiger partial charge in [0.15, 0.2) is 6.10 Å². The summed E-state index contributed by atoms with van der Waals surface area (Å²) in [6.45, 7) is 7.34. The molecule has 0 aromatic heterocycles. The monoisotopic (exact) mass is 412 g/mol. The average molecular weight is 413 g/mol. The summed E-state index contributed by atoms with van der Waals surface area (Å²) in [5, 5.41) is 0. The minimum absolute atomic E-state index is 0.0240. The maximum absolute atomic E-state index is 12.3. The lowest BCUT2D eigenvalue weighted by Gasteiger charge is -2.28. The molecule has 8 nitrogen and oxygen atoms in total. The van der Waals surface area contributed by atoms with Crippen molar-refractivity contribution in [1.29, 1.82) is 0 Å². The maximum Gasteiger partial charge on any atom is 0.306 e. The van der Waals surface area contributed by atoms with E-state index in [1.807, 2.05) is 13.8 Å². The number of rotatable bonds is 8. The van der Waals surface area contributed by atoms with E-state index in [1.165, 1.54) is 6.92 Å². The van der Waals surface area contributed by atoms with Crippen molar-refractivity contribution >= 4 is 21.9 Å². The Bertz CT molecular complexity index is 803. The molecule has 0 spiro atoms. The molecule has 1 aromatic carbocycles. The van der Waals surface area contributed by atoms with Crippen molar-refractivity contribution in [2.45, 2.75) is 44.6 Å². The minimum Gasteiger partial charge on any atom is -0.453 e. The first-order valence-electron chi connectivity index (χ1n) is 9.33. The standard InChI is InChI=1S/C19H28N2O6S/c1-14-6-7-17(13-15(14)2)28(24,25)20-8-4-5-18(22)27-16(3)19(23)21-9-11-26-12-10-21/h6-7,13,16,20H,4-5,8-12H2,1-3H3/t16-/m1/s1. The zero-order valence-electron chi connectivity index (χ0n) is 16.6. The molecule has 1 amide bonds. The van der Waals surface area contributed by atoms with Crippen LogP contribution in [0.2, 0.25) is 0 Å². The van der Waals surface area contributed by atoms with E-state index in [0.29, 0.717) is 26.3 Å². The lowest BCUT2D eigenvalue weighted by Crippen LogP contribution is -2.46. The van der Waals surface area contributed by atoms with Gasteiger partial charge in [0.1, 0.15) is 0 Å². The Labute approximate surface area is 166 Å². The molecular formula is C19H28N2O6S. The first-order chi connectivity index (χ1) is 13.2. The van der Waals surface area contributed by atoms with Crippen LogP contribution in [0.25, 0.3) is 0 Å². The predicted molar refractivity (Wildman–Crippen MR) is 103 cm³/mol. The fourth-order valence-corrected chi connectivity index (χ4v) is 3.91. The van der Waals surface area contributed by atoms with Gasteiger partial charge in [-0.25, -0.2) is 13.1 Å². The lowest BCUT2D eigenvalue weighted by atomic mass is 10.1. The van der Waals surface area contributed by atoms with Crippen LogP contribution in [-0.2, 0) is 29.1 Å². The number of amides is 1. The van der Waals surface area contributed by atoms with Crippen molar-refractivity contribution in [3.8, 4) is 0 Å². The van der Waals surface area contributed by atoms with Crippen molar-refractivity contribution < 1.29 is 27.5 Å². The quantitative estimate of drug-likeness (QED) is 0.508. The summed E-state index contributed by atoms with van der Waals surface area (Å²) in [5.41, 5.74) is 1.91. The second kappa shape index (κ2) is 9.99. The van der Waals surface area contributed by atoms with Crippen molar-refractivity contribution in [1.82, 2.24) is 9.62 Å². The Morgan fingerprint density at radius 1 is 1.21 bits per heavy atom. The topological polar surface area (TPSA) is 102 Å². The third kappa shape index (κ3) is 6.29. The van der Waals surface area contributed by atoms with Gasteiger partial charge in [-0.15, -0.1) is 0 Å². The van der Waals surface area contributed by atoms with Crippen molar-refractivity contribution in [3.63, 3.8) is 0 Å². The van der Waals surface area contributed by atoms with Crippen molar-refractivity contribution in [2.24, 2.45) is 0 Å². The number of nitrogens with one attached hydrogen (secondary N) is 1. The summed E-state index contributed by atoms with van der Waals surface area (Å²) in [6.07, 6.45) is -0.560. The van der Waals surface area contributed by atoms with E-state index in [9.17, 15) is 18.0 Å². The zero-order valence-corrected chi connectivity index (χ0v) is 17.4. The summed E-state index contributed by atoms with van der Waals surface area (Å²) in [5.74, 6) is -0.772. The summed E-state index contributed by atoms with van der Waals surface area (Å²) in [7, 11) is -3.62. The molecule has 1 N–H and O–H groups in total. The van der Waals surface area contributed by atoms with E-state index in [2.05, 4.69) is 4.72 Å².